The molecule has 0 unspecified atom stereocenters. The minimum Gasteiger partial charge on any atom is -0.465 e. The highest BCUT2D eigenvalue weighted by atomic mass is 79.9. The van der Waals surface area contributed by atoms with E-state index in [1.165, 1.54) is 7.11 Å². The number of benzene rings is 2. The lowest BCUT2D eigenvalue weighted by Gasteiger charge is -2.11. The molecule has 0 aliphatic rings. The number of methoxy groups -OCH3 is 1. The molecule has 20 heavy (non-hydrogen) atoms. The van der Waals surface area contributed by atoms with Crippen molar-refractivity contribution in [1.82, 2.24) is 0 Å². The van der Waals surface area contributed by atoms with Gasteiger partial charge in [0.1, 0.15) is 0 Å². The number of halogens is 2. The van der Waals surface area contributed by atoms with Crippen LogP contribution in [-0.2, 0) is 4.74 Å². The van der Waals surface area contributed by atoms with Gasteiger partial charge in [-0.15, -0.1) is 0 Å². The number of rotatable bonds is 3. The number of hydrogen-bond donors (Lipinski definition) is 2. The summed E-state index contributed by atoms with van der Waals surface area (Å²) >= 11 is 9.43. The van der Waals surface area contributed by atoms with E-state index in [9.17, 15) is 4.79 Å². The lowest BCUT2D eigenvalue weighted by molar-refractivity contribution is 0.0602. The number of hydrogen-bond acceptors (Lipinski definition) is 4. The third kappa shape index (κ3) is 3.05. The molecule has 2 aromatic carbocycles. The van der Waals surface area contributed by atoms with Gasteiger partial charge in [0.2, 0.25) is 0 Å². The van der Waals surface area contributed by atoms with E-state index in [4.69, 9.17) is 17.3 Å². The summed E-state index contributed by atoms with van der Waals surface area (Å²) in [5, 5.41) is 3.76. The first-order valence-electron chi connectivity index (χ1n) is 5.72. The Bertz CT molecular complexity index is 662. The smallest absolute Gasteiger partial charge is 0.340 e. The number of ether oxygens (including phenoxy) is 1. The van der Waals surface area contributed by atoms with Gasteiger partial charge in [0, 0.05) is 11.4 Å². The first kappa shape index (κ1) is 14.7. The Balaban J connectivity index is 2.35. The van der Waals surface area contributed by atoms with Crippen molar-refractivity contribution in [2.75, 3.05) is 18.2 Å². The van der Waals surface area contributed by atoms with E-state index in [0.717, 1.165) is 10.2 Å². The SMILES string of the molecule is COC(=O)c1cc(Nc2cccc(Cl)c2Br)ccc1N. The molecule has 0 heterocycles. The molecule has 4 nitrogen and oxygen atoms in total. The van der Waals surface area contributed by atoms with E-state index in [2.05, 4.69) is 26.0 Å². The van der Waals surface area contributed by atoms with Gasteiger partial charge < -0.3 is 15.8 Å². The lowest BCUT2D eigenvalue weighted by atomic mass is 10.1. The fourth-order valence-electron chi connectivity index (χ4n) is 1.68. The van der Waals surface area contributed by atoms with Crippen molar-refractivity contribution < 1.29 is 9.53 Å². The average Bonchev–Trinajstić information content (AvgIpc) is 2.45. The van der Waals surface area contributed by atoms with Crippen LogP contribution in [0.3, 0.4) is 0 Å². The topological polar surface area (TPSA) is 64.3 Å². The second-order valence-electron chi connectivity index (χ2n) is 4.02. The molecule has 104 valence electrons. The summed E-state index contributed by atoms with van der Waals surface area (Å²) in [6, 6.07) is 10.5. The maximum Gasteiger partial charge on any atom is 0.340 e. The average molecular weight is 356 g/mol. The van der Waals surface area contributed by atoms with Gasteiger partial charge in [0.05, 0.1) is 27.9 Å². The molecule has 6 heteroatoms. The molecular formula is C14H12BrClN2O2. The van der Waals surface area contributed by atoms with E-state index in [1.807, 2.05) is 12.1 Å². The molecule has 0 aromatic heterocycles. The predicted molar refractivity (Wildman–Crippen MR) is 84.6 cm³/mol. The number of nitrogens with two attached hydrogens (primary N) is 1. The van der Waals surface area contributed by atoms with E-state index in [0.29, 0.717) is 22.0 Å². The van der Waals surface area contributed by atoms with E-state index in [-0.39, 0.29) is 0 Å². The van der Waals surface area contributed by atoms with Crippen molar-refractivity contribution in [1.29, 1.82) is 0 Å². The van der Waals surface area contributed by atoms with Crippen LogP contribution in [-0.4, -0.2) is 13.1 Å². The van der Waals surface area contributed by atoms with Crippen LogP contribution < -0.4 is 11.1 Å². The molecule has 0 spiro atoms. The van der Waals surface area contributed by atoms with Crippen LogP contribution in [0.15, 0.2) is 40.9 Å². The van der Waals surface area contributed by atoms with Crippen molar-refractivity contribution in [3.63, 3.8) is 0 Å². The summed E-state index contributed by atoms with van der Waals surface area (Å²) < 4.78 is 5.44. The van der Waals surface area contributed by atoms with Crippen LogP contribution >= 0.6 is 27.5 Å². The zero-order valence-electron chi connectivity index (χ0n) is 10.6. The fourth-order valence-corrected chi connectivity index (χ4v) is 2.21. The summed E-state index contributed by atoms with van der Waals surface area (Å²) in [6.45, 7) is 0. The highest BCUT2D eigenvalue weighted by molar-refractivity contribution is 9.10. The number of nitrogens with one attached hydrogen (secondary N) is 1. The highest BCUT2D eigenvalue weighted by Gasteiger charge is 2.11. The van der Waals surface area contributed by atoms with Crippen LogP contribution in [0.25, 0.3) is 0 Å². The molecule has 0 atom stereocenters. The molecule has 0 aliphatic carbocycles. The van der Waals surface area contributed by atoms with Crippen molar-refractivity contribution in [2.45, 2.75) is 0 Å². The summed E-state index contributed by atoms with van der Waals surface area (Å²) in [5.74, 6) is -0.476. The number of esters is 1. The van der Waals surface area contributed by atoms with Crippen LogP contribution in [0.5, 0.6) is 0 Å². The van der Waals surface area contributed by atoms with Crippen molar-refractivity contribution in [3.8, 4) is 0 Å². The second-order valence-corrected chi connectivity index (χ2v) is 5.22. The van der Waals surface area contributed by atoms with Gasteiger partial charge >= 0.3 is 5.97 Å². The van der Waals surface area contributed by atoms with Gasteiger partial charge in [0.25, 0.3) is 0 Å². The molecule has 0 saturated heterocycles. The molecule has 2 rings (SSSR count). The fraction of sp³-hybridized carbons (Fsp3) is 0.0714. The van der Waals surface area contributed by atoms with Crippen molar-refractivity contribution >= 4 is 50.6 Å². The summed E-state index contributed by atoms with van der Waals surface area (Å²) in [5.41, 5.74) is 7.94. The summed E-state index contributed by atoms with van der Waals surface area (Å²) in [7, 11) is 1.31. The Hall–Kier alpha value is -1.72. The van der Waals surface area contributed by atoms with Crippen LogP contribution in [0.2, 0.25) is 5.02 Å². The zero-order chi connectivity index (χ0) is 14.7. The first-order valence-corrected chi connectivity index (χ1v) is 6.89. The Morgan fingerprint density at radius 2 is 2.10 bits per heavy atom. The predicted octanol–water partition coefficient (Wildman–Crippen LogP) is 4.21. The largest absolute Gasteiger partial charge is 0.465 e. The molecule has 3 N–H and O–H groups in total. The summed E-state index contributed by atoms with van der Waals surface area (Å²) in [4.78, 5) is 11.6. The maximum atomic E-state index is 11.6. The van der Waals surface area contributed by atoms with Gasteiger partial charge in [0.15, 0.2) is 0 Å². The van der Waals surface area contributed by atoms with Crippen molar-refractivity contribution in [2.24, 2.45) is 0 Å². The second kappa shape index (κ2) is 6.15. The first-order chi connectivity index (χ1) is 9.52. The van der Waals surface area contributed by atoms with Crippen LogP contribution in [0.1, 0.15) is 10.4 Å². The Morgan fingerprint density at radius 3 is 2.80 bits per heavy atom. The molecular weight excluding hydrogens is 344 g/mol. The highest BCUT2D eigenvalue weighted by Crippen LogP contribution is 2.32. The third-order valence-corrected chi connectivity index (χ3v) is 4.09. The Kier molecular flexibility index (Phi) is 4.52. The summed E-state index contributed by atoms with van der Waals surface area (Å²) in [6.07, 6.45) is 0. The lowest BCUT2D eigenvalue weighted by Crippen LogP contribution is -2.06. The number of carbonyl (C=O) groups is 1. The van der Waals surface area contributed by atoms with Gasteiger partial charge in [-0.2, -0.15) is 0 Å². The Morgan fingerprint density at radius 1 is 1.35 bits per heavy atom. The van der Waals surface area contributed by atoms with E-state index in [1.54, 1.807) is 24.3 Å². The number of nitrogen functional groups attached to an aromatic ring is 1. The standard InChI is InChI=1S/C14H12BrClN2O2/c1-20-14(19)9-7-8(5-6-11(9)17)18-12-4-2-3-10(16)13(12)15/h2-7,18H,17H2,1H3. The molecule has 0 fully saturated rings. The van der Waals surface area contributed by atoms with Gasteiger partial charge in [-0.05, 0) is 46.3 Å². The zero-order valence-corrected chi connectivity index (χ0v) is 13.0. The van der Waals surface area contributed by atoms with Crippen molar-refractivity contribution in [3.05, 3.63) is 51.5 Å². The minimum absolute atomic E-state index is 0.315. The third-order valence-electron chi connectivity index (χ3n) is 2.69. The van der Waals surface area contributed by atoms with E-state index >= 15 is 0 Å². The van der Waals surface area contributed by atoms with Gasteiger partial charge in [-0.1, -0.05) is 17.7 Å². The Labute approximate surface area is 130 Å². The molecule has 0 saturated carbocycles. The maximum absolute atomic E-state index is 11.6. The van der Waals surface area contributed by atoms with Gasteiger partial charge in [-0.3, -0.25) is 0 Å². The van der Waals surface area contributed by atoms with Crippen LogP contribution in [0, 0.1) is 0 Å². The van der Waals surface area contributed by atoms with Gasteiger partial charge in [-0.25, -0.2) is 4.79 Å². The molecule has 0 bridgehead atoms. The number of anilines is 3. The van der Waals surface area contributed by atoms with E-state index < -0.39 is 5.97 Å². The minimum atomic E-state index is -0.476. The van der Waals surface area contributed by atoms with Crippen LogP contribution in [0.4, 0.5) is 17.1 Å². The normalized spacial score (nSPS) is 10.2. The molecule has 0 amide bonds. The number of carbonyl (C=O) groups excluding carboxylic acids is 1. The molecule has 0 radical (unpaired) electrons. The molecule has 2 aromatic rings. The quantitative estimate of drug-likeness (QED) is 0.639. The molecule has 0 aliphatic heterocycles. The monoisotopic (exact) mass is 354 g/mol.